The molecule has 0 radical (unpaired) electrons. The van der Waals surface area contributed by atoms with Gasteiger partial charge in [0.15, 0.2) is 0 Å². The Bertz CT molecular complexity index is 187. The Labute approximate surface area is 85.4 Å². The van der Waals surface area contributed by atoms with Crippen molar-refractivity contribution in [2.45, 2.75) is 26.3 Å². The van der Waals surface area contributed by atoms with Gasteiger partial charge in [-0.15, -0.1) is 0 Å². The average Bonchev–Trinajstić information content (AvgIpc) is 2.43. The number of nitrogens with two attached hydrogens (primary N) is 1. The molecule has 1 fully saturated rings. The molecule has 0 aromatic carbocycles. The first kappa shape index (κ1) is 11.5. The molecule has 1 aliphatic heterocycles. The minimum atomic E-state index is -0.368. The minimum absolute atomic E-state index is 0.0606. The maximum Gasteiger partial charge on any atom is 0.239 e. The highest BCUT2D eigenvalue weighted by Gasteiger charge is 2.23. The van der Waals surface area contributed by atoms with E-state index in [1.807, 2.05) is 18.7 Å². The topological polar surface area (TPSA) is 55.6 Å². The summed E-state index contributed by atoms with van der Waals surface area (Å²) in [5.74, 6) is 0.261. The average molecular weight is 200 g/mol. The van der Waals surface area contributed by atoms with E-state index >= 15 is 0 Å². The zero-order valence-electron chi connectivity index (χ0n) is 9.03. The Balaban J connectivity index is 2.49. The second kappa shape index (κ2) is 5.32. The van der Waals surface area contributed by atoms with Gasteiger partial charge in [0.05, 0.1) is 12.6 Å². The fourth-order valence-corrected chi connectivity index (χ4v) is 1.46. The lowest BCUT2D eigenvalue weighted by Crippen LogP contribution is -2.47. The third-order valence-electron chi connectivity index (χ3n) is 2.54. The highest BCUT2D eigenvalue weighted by molar-refractivity contribution is 5.81. The van der Waals surface area contributed by atoms with Gasteiger partial charge in [-0.05, 0) is 12.3 Å². The van der Waals surface area contributed by atoms with E-state index in [1.165, 1.54) is 0 Å². The summed E-state index contributed by atoms with van der Waals surface area (Å²) >= 11 is 0. The molecule has 1 heterocycles. The number of nitrogens with zero attached hydrogens (tertiary/aromatic N) is 1. The first-order valence-electron chi connectivity index (χ1n) is 5.25. The summed E-state index contributed by atoms with van der Waals surface area (Å²) in [4.78, 5) is 13.7. The Kier molecular flexibility index (Phi) is 4.35. The molecule has 1 rings (SSSR count). The van der Waals surface area contributed by atoms with Gasteiger partial charge in [0.25, 0.3) is 0 Å². The van der Waals surface area contributed by atoms with Crippen LogP contribution in [0.2, 0.25) is 0 Å². The van der Waals surface area contributed by atoms with E-state index < -0.39 is 0 Å². The van der Waals surface area contributed by atoms with E-state index in [9.17, 15) is 4.79 Å². The van der Waals surface area contributed by atoms with Gasteiger partial charge in [-0.3, -0.25) is 4.79 Å². The summed E-state index contributed by atoms with van der Waals surface area (Å²) in [6.45, 7) is 6.78. The highest BCUT2D eigenvalue weighted by atomic mass is 16.5. The largest absolute Gasteiger partial charge is 0.380 e. The number of rotatable bonds is 2. The molecule has 1 atom stereocenters. The predicted octanol–water partition coefficient (Wildman–Crippen LogP) is 0.219. The van der Waals surface area contributed by atoms with Crippen molar-refractivity contribution in [2.75, 3.05) is 26.3 Å². The Hall–Kier alpha value is -0.610. The molecule has 1 unspecified atom stereocenters. The molecule has 1 amide bonds. The molecular weight excluding hydrogens is 180 g/mol. The molecular formula is C10H20N2O2. The molecule has 2 N–H and O–H groups in total. The van der Waals surface area contributed by atoms with Crippen LogP contribution in [0, 0.1) is 5.92 Å². The molecule has 0 aromatic heterocycles. The van der Waals surface area contributed by atoms with Gasteiger partial charge in [0.2, 0.25) is 5.91 Å². The van der Waals surface area contributed by atoms with Crippen LogP contribution in [0.5, 0.6) is 0 Å². The maximum absolute atomic E-state index is 11.8. The molecule has 0 aliphatic carbocycles. The fourth-order valence-electron chi connectivity index (χ4n) is 1.46. The normalized spacial score (nSPS) is 20.7. The molecule has 0 spiro atoms. The van der Waals surface area contributed by atoms with E-state index in [0.717, 1.165) is 19.6 Å². The van der Waals surface area contributed by atoms with Crippen LogP contribution in [0.25, 0.3) is 0 Å². The van der Waals surface area contributed by atoms with Gasteiger partial charge in [0, 0.05) is 19.7 Å². The quantitative estimate of drug-likeness (QED) is 0.693. The van der Waals surface area contributed by atoms with Crippen molar-refractivity contribution in [3.05, 3.63) is 0 Å². The molecule has 0 aromatic rings. The van der Waals surface area contributed by atoms with Crippen LogP contribution in [0.3, 0.4) is 0 Å². The van der Waals surface area contributed by atoms with E-state index in [1.54, 1.807) is 0 Å². The van der Waals surface area contributed by atoms with Crippen molar-refractivity contribution >= 4 is 5.91 Å². The third kappa shape index (κ3) is 2.96. The molecule has 0 saturated carbocycles. The summed E-state index contributed by atoms with van der Waals surface area (Å²) in [6, 6.07) is -0.368. The number of hydrogen-bond donors (Lipinski definition) is 1. The zero-order chi connectivity index (χ0) is 10.6. The van der Waals surface area contributed by atoms with Crippen molar-refractivity contribution in [1.82, 2.24) is 4.90 Å². The van der Waals surface area contributed by atoms with E-state index in [2.05, 4.69) is 0 Å². The molecule has 1 saturated heterocycles. The van der Waals surface area contributed by atoms with Crippen LogP contribution >= 0.6 is 0 Å². The SMILES string of the molecule is CC(C)C(N)C(=O)N1CCCOCC1. The summed E-state index contributed by atoms with van der Waals surface area (Å²) in [5.41, 5.74) is 5.81. The second-order valence-corrected chi connectivity index (χ2v) is 4.06. The summed E-state index contributed by atoms with van der Waals surface area (Å²) in [7, 11) is 0. The van der Waals surface area contributed by atoms with E-state index in [0.29, 0.717) is 13.2 Å². The predicted molar refractivity (Wildman–Crippen MR) is 54.8 cm³/mol. The lowest BCUT2D eigenvalue weighted by molar-refractivity contribution is -0.133. The van der Waals surface area contributed by atoms with Crippen molar-refractivity contribution in [2.24, 2.45) is 11.7 Å². The summed E-state index contributed by atoms with van der Waals surface area (Å²) < 4.78 is 5.28. The zero-order valence-corrected chi connectivity index (χ0v) is 9.03. The number of carbonyl (C=O) groups is 1. The van der Waals surface area contributed by atoms with Gasteiger partial charge in [-0.2, -0.15) is 0 Å². The monoisotopic (exact) mass is 200 g/mol. The summed E-state index contributed by atoms with van der Waals surface area (Å²) in [5, 5.41) is 0. The van der Waals surface area contributed by atoms with Crippen LogP contribution < -0.4 is 5.73 Å². The van der Waals surface area contributed by atoms with Gasteiger partial charge in [-0.25, -0.2) is 0 Å². The van der Waals surface area contributed by atoms with Gasteiger partial charge in [0.1, 0.15) is 0 Å². The third-order valence-corrected chi connectivity index (χ3v) is 2.54. The number of amides is 1. The molecule has 0 bridgehead atoms. The minimum Gasteiger partial charge on any atom is -0.380 e. The number of ether oxygens (including phenoxy) is 1. The van der Waals surface area contributed by atoms with E-state index in [-0.39, 0.29) is 17.9 Å². The van der Waals surface area contributed by atoms with Crippen LogP contribution in [-0.2, 0) is 9.53 Å². The van der Waals surface area contributed by atoms with Crippen LogP contribution in [0.4, 0.5) is 0 Å². The Morgan fingerprint density at radius 1 is 1.36 bits per heavy atom. The van der Waals surface area contributed by atoms with Crippen molar-refractivity contribution in [3.8, 4) is 0 Å². The van der Waals surface area contributed by atoms with Gasteiger partial charge < -0.3 is 15.4 Å². The van der Waals surface area contributed by atoms with Crippen LogP contribution in [-0.4, -0.2) is 43.2 Å². The standard InChI is InChI=1S/C10H20N2O2/c1-8(2)9(11)10(13)12-4-3-6-14-7-5-12/h8-9H,3-7,11H2,1-2H3. The first-order valence-corrected chi connectivity index (χ1v) is 5.25. The van der Waals surface area contributed by atoms with Gasteiger partial charge in [-0.1, -0.05) is 13.8 Å². The highest BCUT2D eigenvalue weighted by Crippen LogP contribution is 2.06. The second-order valence-electron chi connectivity index (χ2n) is 4.06. The Morgan fingerprint density at radius 2 is 2.07 bits per heavy atom. The number of carbonyl (C=O) groups excluding carboxylic acids is 1. The summed E-state index contributed by atoms with van der Waals surface area (Å²) in [6.07, 6.45) is 0.913. The maximum atomic E-state index is 11.8. The molecule has 4 nitrogen and oxygen atoms in total. The number of hydrogen-bond acceptors (Lipinski definition) is 3. The molecule has 14 heavy (non-hydrogen) atoms. The Morgan fingerprint density at radius 3 is 2.71 bits per heavy atom. The molecule has 82 valence electrons. The van der Waals surface area contributed by atoms with Crippen molar-refractivity contribution in [1.29, 1.82) is 0 Å². The lowest BCUT2D eigenvalue weighted by atomic mass is 10.0. The van der Waals surface area contributed by atoms with Gasteiger partial charge >= 0.3 is 0 Å². The van der Waals surface area contributed by atoms with Crippen LogP contribution in [0.15, 0.2) is 0 Å². The van der Waals surface area contributed by atoms with Crippen molar-refractivity contribution < 1.29 is 9.53 Å². The smallest absolute Gasteiger partial charge is 0.239 e. The molecule has 1 aliphatic rings. The molecule has 4 heteroatoms. The fraction of sp³-hybridized carbons (Fsp3) is 0.900. The van der Waals surface area contributed by atoms with Crippen molar-refractivity contribution in [3.63, 3.8) is 0 Å². The van der Waals surface area contributed by atoms with E-state index in [4.69, 9.17) is 10.5 Å². The van der Waals surface area contributed by atoms with Crippen LogP contribution in [0.1, 0.15) is 20.3 Å². The first-order chi connectivity index (χ1) is 6.63. The lowest BCUT2D eigenvalue weighted by Gasteiger charge is -2.25.